The SMILES string of the molecule is CCN(C)SNc1ccc(F)c(Oc2ccc3ncn(C4COC5(CCN(C)CC5)C4)c(=O)c3c2F)c1C#N. The summed E-state index contributed by atoms with van der Waals surface area (Å²) in [5.74, 6) is -2.60. The molecule has 5 rings (SSSR count). The quantitative estimate of drug-likeness (QED) is 0.416. The highest BCUT2D eigenvalue weighted by Crippen LogP contribution is 2.40. The number of aromatic nitrogens is 2. The molecule has 2 aromatic carbocycles. The molecule has 0 saturated carbocycles. The summed E-state index contributed by atoms with van der Waals surface area (Å²) in [4.78, 5) is 20.1. The van der Waals surface area contributed by atoms with Gasteiger partial charge in [0.05, 0.1) is 35.8 Å². The molecule has 3 aromatic rings. The summed E-state index contributed by atoms with van der Waals surface area (Å²) in [6, 6.07) is 6.94. The zero-order valence-corrected chi connectivity index (χ0v) is 22.9. The number of fused-ring (bicyclic) bond motifs is 1. The van der Waals surface area contributed by atoms with E-state index in [1.807, 2.05) is 24.3 Å². The molecule has 0 aliphatic carbocycles. The molecule has 12 heteroatoms. The predicted molar refractivity (Wildman–Crippen MR) is 146 cm³/mol. The van der Waals surface area contributed by atoms with Gasteiger partial charge in [0.1, 0.15) is 17.0 Å². The first-order valence-corrected chi connectivity index (χ1v) is 13.6. The van der Waals surface area contributed by atoms with Gasteiger partial charge < -0.3 is 19.1 Å². The maximum Gasteiger partial charge on any atom is 0.264 e. The molecule has 0 amide bonds. The fourth-order valence-electron chi connectivity index (χ4n) is 5.03. The van der Waals surface area contributed by atoms with Crippen molar-refractivity contribution in [3.8, 4) is 17.6 Å². The van der Waals surface area contributed by atoms with Crippen LogP contribution in [-0.4, -0.2) is 64.7 Å². The Morgan fingerprint density at radius 2 is 2.08 bits per heavy atom. The molecule has 0 bridgehead atoms. The van der Waals surface area contributed by atoms with Crippen molar-refractivity contribution in [3.05, 3.63) is 58.1 Å². The first-order valence-electron chi connectivity index (χ1n) is 12.8. The Kier molecular flexibility index (Phi) is 7.77. The highest BCUT2D eigenvalue weighted by atomic mass is 32.2. The van der Waals surface area contributed by atoms with Gasteiger partial charge in [-0.15, -0.1) is 0 Å². The van der Waals surface area contributed by atoms with Crippen molar-refractivity contribution < 1.29 is 18.3 Å². The van der Waals surface area contributed by atoms with E-state index in [4.69, 9.17) is 9.47 Å². The molecule has 2 aliphatic heterocycles. The predicted octanol–water partition coefficient (Wildman–Crippen LogP) is 4.69. The fourth-order valence-corrected chi connectivity index (χ4v) is 5.58. The summed E-state index contributed by atoms with van der Waals surface area (Å²) in [5.41, 5.74) is -0.500. The van der Waals surface area contributed by atoms with Gasteiger partial charge in [-0.05, 0) is 57.6 Å². The number of halogens is 2. The first-order chi connectivity index (χ1) is 18.7. The fraction of sp³-hybridized carbons (Fsp3) is 0.444. The average molecular weight is 557 g/mol. The Balaban J connectivity index is 1.47. The minimum Gasteiger partial charge on any atom is -0.450 e. The zero-order chi connectivity index (χ0) is 27.7. The van der Waals surface area contributed by atoms with Crippen LogP contribution in [0.2, 0.25) is 0 Å². The molecule has 3 heterocycles. The highest BCUT2D eigenvalue weighted by molar-refractivity contribution is 7.98. The van der Waals surface area contributed by atoms with E-state index in [2.05, 4.69) is 21.7 Å². The van der Waals surface area contributed by atoms with Gasteiger partial charge in [0, 0.05) is 31.8 Å². The largest absolute Gasteiger partial charge is 0.450 e. The molecule has 1 spiro atoms. The molecule has 2 fully saturated rings. The molecular formula is C27H30F2N6O3S. The number of hydrogen-bond donors (Lipinski definition) is 1. The maximum atomic E-state index is 15.8. The number of likely N-dealkylation sites (tertiary alicyclic amines) is 1. The molecule has 2 saturated heterocycles. The van der Waals surface area contributed by atoms with Crippen LogP contribution in [0.4, 0.5) is 14.5 Å². The maximum absolute atomic E-state index is 15.8. The number of anilines is 1. The Morgan fingerprint density at radius 1 is 1.31 bits per heavy atom. The van der Waals surface area contributed by atoms with E-state index >= 15 is 4.39 Å². The third-order valence-electron chi connectivity index (χ3n) is 7.53. The van der Waals surface area contributed by atoms with Crippen LogP contribution < -0.4 is 15.0 Å². The first kappa shape index (κ1) is 27.3. The van der Waals surface area contributed by atoms with Crippen LogP contribution in [0, 0.1) is 23.0 Å². The van der Waals surface area contributed by atoms with Gasteiger partial charge in [0.15, 0.2) is 23.1 Å². The van der Waals surface area contributed by atoms with Crippen molar-refractivity contribution in [1.29, 1.82) is 5.26 Å². The minimum atomic E-state index is -0.964. The molecule has 0 radical (unpaired) electrons. The summed E-state index contributed by atoms with van der Waals surface area (Å²) in [6.45, 7) is 4.86. The molecule has 9 nitrogen and oxygen atoms in total. The van der Waals surface area contributed by atoms with Gasteiger partial charge in [0.2, 0.25) is 0 Å². The number of nitriles is 1. The van der Waals surface area contributed by atoms with E-state index in [-0.39, 0.29) is 33.9 Å². The lowest BCUT2D eigenvalue weighted by Gasteiger charge is -2.36. The monoisotopic (exact) mass is 556 g/mol. The molecule has 39 heavy (non-hydrogen) atoms. The molecule has 1 unspecified atom stereocenters. The molecule has 1 aromatic heterocycles. The number of nitrogens with zero attached hydrogens (tertiary/aromatic N) is 5. The number of piperidine rings is 1. The van der Waals surface area contributed by atoms with Gasteiger partial charge in [-0.3, -0.25) is 9.36 Å². The van der Waals surface area contributed by atoms with Crippen LogP contribution in [0.5, 0.6) is 11.5 Å². The van der Waals surface area contributed by atoms with E-state index in [1.54, 1.807) is 0 Å². The van der Waals surface area contributed by atoms with Crippen LogP contribution in [0.1, 0.15) is 37.8 Å². The number of benzene rings is 2. The lowest BCUT2D eigenvalue weighted by atomic mass is 9.87. The summed E-state index contributed by atoms with van der Waals surface area (Å²) in [7, 11) is 3.92. The van der Waals surface area contributed by atoms with Crippen molar-refractivity contribution >= 4 is 28.7 Å². The second kappa shape index (κ2) is 11.1. The lowest BCUT2D eigenvalue weighted by molar-refractivity contribution is -0.0394. The highest BCUT2D eigenvalue weighted by Gasteiger charge is 2.43. The molecule has 1 atom stereocenters. The number of rotatable bonds is 7. The third-order valence-corrected chi connectivity index (χ3v) is 8.41. The van der Waals surface area contributed by atoms with Crippen LogP contribution in [0.3, 0.4) is 0 Å². The van der Waals surface area contributed by atoms with Gasteiger partial charge >= 0.3 is 0 Å². The van der Waals surface area contributed by atoms with Crippen molar-refractivity contribution in [2.75, 3.05) is 45.1 Å². The smallest absolute Gasteiger partial charge is 0.264 e. The minimum absolute atomic E-state index is 0.123. The number of hydrogen-bond acceptors (Lipinski definition) is 9. The van der Waals surface area contributed by atoms with E-state index in [0.29, 0.717) is 18.7 Å². The Hall–Kier alpha value is -3.24. The van der Waals surface area contributed by atoms with Gasteiger partial charge in [-0.1, -0.05) is 6.92 Å². The molecule has 1 N–H and O–H groups in total. The number of nitrogens with one attached hydrogen (secondary N) is 1. The lowest BCUT2D eigenvalue weighted by Crippen LogP contribution is -2.42. The molecule has 2 aliphatic rings. The van der Waals surface area contributed by atoms with Gasteiger partial charge in [-0.2, -0.15) is 5.26 Å². The summed E-state index contributed by atoms with van der Waals surface area (Å²) >= 11 is 1.22. The van der Waals surface area contributed by atoms with Crippen molar-refractivity contribution in [3.63, 3.8) is 0 Å². The topological polar surface area (TPSA) is 95.7 Å². The zero-order valence-electron chi connectivity index (χ0n) is 22.0. The summed E-state index contributed by atoms with van der Waals surface area (Å²) < 4.78 is 48.7. The van der Waals surface area contributed by atoms with E-state index < -0.39 is 22.9 Å². The van der Waals surface area contributed by atoms with Crippen LogP contribution >= 0.6 is 12.1 Å². The summed E-state index contributed by atoms with van der Waals surface area (Å²) in [6.07, 6.45) is 3.82. The Morgan fingerprint density at radius 3 is 2.79 bits per heavy atom. The Bertz CT molecular complexity index is 1490. The standard InChI is InChI=1S/C27H30F2N6O3S/c1-4-34(3)39-32-20-6-5-19(28)25(18(20)14-30)38-22-8-7-21-23(24(22)29)26(36)35(16-31-21)17-13-27(37-15-17)9-11-33(2)12-10-27/h5-8,16-17,32H,4,9-13,15H2,1-3H3. The average Bonchev–Trinajstić information content (AvgIpc) is 3.35. The van der Waals surface area contributed by atoms with Crippen LogP contribution in [0.25, 0.3) is 10.9 Å². The second-order valence-electron chi connectivity index (χ2n) is 10.0. The van der Waals surface area contributed by atoms with Crippen molar-refractivity contribution in [2.24, 2.45) is 0 Å². The molecule has 206 valence electrons. The van der Waals surface area contributed by atoms with Crippen LogP contribution in [0.15, 0.2) is 35.4 Å². The normalized spacial score (nSPS) is 19.1. The van der Waals surface area contributed by atoms with Gasteiger partial charge in [0.25, 0.3) is 5.56 Å². The Labute approximate surface area is 229 Å². The molecular weight excluding hydrogens is 526 g/mol. The van der Waals surface area contributed by atoms with Gasteiger partial charge in [-0.25, -0.2) is 18.1 Å². The van der Waals surface area contributed by atoms with Crippen molar-refractivity contribution in [1.82, 2.24) is 18.8 Å². The van der Waals surface area contributed by atoms with E-state index in [0.717, 1.165) is 38.5 Å². The summed E-state index contributed by atoms with van der Waals surface area (Å²) in [5, 5.41) is 9.50. The van der Waals surface area contributed by atoms with E-state index in [1.165, 1.54) is 41.2 Å². The third kappa shape index (κ3) is 5.32. The number of ether oxygens (including phenoxy) is 2. The van der Waals surface area contributed by atoms with Crippen LogP contribution in [-0.2, 0) is 4.74 Å². The second-order valence-corrected chi connectivity index (χ2v) is 11.0. The van der Waals surface area contributed by atoms with E-state index in [9.17, 15) is 14.4 Å². The van der Waals surface area contributed by atoms with Crippen molar-refractivity contribution in [2.45, 2.75) is 37.8 Å².